The molecule has 2 aliphatic heterocycles. The monoisotopic (exact) mass is 518 g/mol. The van der Waals surface area contributed by atoms with Gasteiger partial charge in [-0.2, -0.15) is 0 Å². The maximum atomic E-state index is 5.48. The molecule has 0 aliphatic carbocycles. The first-order valence-electron chi connectivity index (χ1n) is 12.2. The van der Waals surface area contributed by atoms with Crippen molar-refractivity contribution < 1.29 is 18.9 Å². The summed E-state index contributed by atoms with van der Waals surface area (Å²) in [6.07, 6.45) is 0. The molecular weight excluding hydrogens is 486 g/mol. The van der Waals surface area contributed by atoms with Crippen LogP contribution in [0.2, 0.25) is 0 Å². The van der Waals surface area contributed by atoms with Crippen LogP contribution in [0.1, 0.15) is 0 Å². The van der Waals surface area contributed by atoms with Gasteiger partial charge in [-0.25, -0.2) is 0 Å². The molecule has 36 heavy (non-hydrogen) atoms. The molecule has 0 atom stereocenters. The molecule has 4 nitrogen and oxygen atoms in total. The minimum atomic E-state index is -1.94. The molecule has 2 heterocycles. The van der Waals surface area contributed by atoms with Crippen LogP contribution in [0.4, 0.5) is 0 Å². The molecule has 2 saturated heterocycles. The number of rotatable bonds is 8. The molecule has 2 fully saturated rings. The molecule has 0 unspecified atom stereocenters. The number of hydrogen-bond donors (Lipinski definition) is 0. The Morgan fingerprint density at radius 1 is 0.361 bits per heavy atom. The van der Waals surface area contributed by atoms with Crippen molar-refractivity contribution in [3.63, 3.8) is 0 Å². The molecule has 0 spiro atoms. The number of fused-ring (bicyclic) bond motifs is 1. The van der Waals surface area contributed by atoms with Crippen LogP contribution >= 0.6 is 14.5 Å². The van der Waals surface area contributed by atoms with E-state index in [9.17, 15) is 0 Å². The normalized spacial score (nSPS) is 21.9. The summed E-state index contributed by atoms with van der Waals surface area (Å²) in [6, 6.07) is 35.4. The van der Waals surface area contributed by atoms with Crippen LogP contribution in [0.3, 0.4) is 0 Å². The first-order chi connectivity index (χ1) is 17.6. The molecule has 0 aromatic heterocycles. The second-order valence-electron chi connectivity index (χ2n) is 9.61. The van der Waals surface area contributed by atoms with E-state index in [4.69, 9.17) is 18.9 Å². The molecule has 0 bridgehead atoms. The van der Waals surface area contributed by atoms with Gasteiger partial charge in [0.1, 0.15) is 0 Å². The van der Waals surface area contributed by atoms with Gasteiger partial charge in [0.2, 0.25) is 0 Å². The molecule has 4 aromatic rings. The predicted octanol–water partition coefficient (Wildman–Crippen LogP) is 4.50. The van der Waals surface area contributed by atoms with Crippen LogP contribution < -0.4 is 40.2 Å². The van der Waals surface area contributed by atoms with Crippen molar-refractivity contribution in [1.29, 1.82) is 0 Å². The van der Waals surface area contributed by atoms with E-state index in [1.54, 1.807) is 28.4 Å². The van der Waals surface area contributed by atoms with Crippen LogP contribution in [0.15, 0.2) is 97.1 Å². The van der Waals surface area contributed by atoms with Gasteiger partial charge in [-0.3, -0.25) is 0 Å². The summed E-state index contributed by atoms with van der Waals surface area (Å²) in [7, 11) is 3.03. The van der Waals surface area contributed by atoms with Gasteiger partial charge in [-0.1, -0.05) is 0 Å². The molecular formula is C30H32O4P2. The molecule has 6 rings (SSSR count). The third kappa shape index (κ3) is 3.21. The van der Waals surface area contributed by atoms with E-state index in [2.05, 4.69) is 97.1 Å². The average molecular weight is 519 g/mol. The van der Waals surface area contributed by atoms with Gasteiger partial charge in [0, 0.05) is 0 Å². The number of hydrogen-bond acceptors (Lipinski definition) is 4. The Morgan fingerprint density at radius 2 is 0.556 bits per heavy atom. The minimum absolute atomic E-state index is 0.702. The van der Waals surface area contributed by atoms with Gasteiger partial charge in [0.05, 0.1) is 0 Å². The fraction of sp³-hybridized carbons (Fsp3) is 0.200. The second kappa shape index (κ2) is 8.80. The van der Waals surface area contributed by atoms with Gasteiger partial charge >= 0.3 is 214 Å². The topological polar surface area (TPSA) is 36.9 Å². The zero-order valence-corrected chi connectivity index (χ0v) is 23.0. The Morgan fingerprint density at radius 3 is 0.722 bits per heavy atom. The standard InChI is InChI=1S/C30H32O4P2/c1-31-21-5-13-25(14-6-21)35(26-15-7-22(32-2)8-16-26)29-30(35)36(29,27-17-9-23(33-3)10-18-27)28-19-11-24(34-4)12-20-28/h5-20,29-30,35-36H,1-4H3. The fourth-order valence-electron chi connectivity index (χ4n) is 6.63. The molecule has 4 aromatic carbocycles. The van der Waals surface area contributed by atoms with E-state index in [-0.39, 0.29) is 0 Å². The van der Waals surface area contributed by atoms with Crippen LogP contribution in [0.25, 0.3) is 0 Å². The SMILES string of the molecule is COc1ccc([PH]2(c3ccc(OC)cc3)C3C2[PH]3(c2ccc(OC)cc2)c2ccc(OC)cc2)cc1. The Bertz CT molecular complexity index is 1150. The van der Waals surface area contributed by atoms with E-state index in [1.165, 1.54) is 21.2 Å². The van der Waals surface area contributed by atoms with Crippen molar-refractivity contribution in [2.75, 3.05) is 28.4 Å². The van der Waals surface area contributed by atoms with Gasteiger partial charge in [0.25, 0.3) is 0 Å². The van der Waals surface area contributed by atoms with Crippen LogP contribution in [-0.4, -0.2) is 39.2 Å². The van der Waals surface area contributed by atoms with Gasteiger partial charge in [-0.05, 0) is 0 Å². The molecule has 2 aliphatic rings. The summed E-state index contributed by atoms with van der Waals surface area (Å²) in [6.45, 7) is 0. The quantitative estimate of drug-likeness (QED) is 0.322. The third-order valence-electron chi connectivity index (χ3n) is 8.35. The second-order valence-corrected chi connectivity index (χ2v) is 19.0. The van der Waals surface area contributed by atoms with Crippen molar-refractivity contribution in [1.82, 2.24) is 0 Å². The average Bonchev–Trinajstić information content (AvgIpc) is 3.86. The number of ether oxygens (including phenoxy) is 4. The molecule has 0 N–H and O–H groups in total. The van der Waals surface area contributed by atoms with E-state index in [1.807, 2.05) is 0 Å². The number of methoxy groups -OCH3 is 4. The number of benzene rings is 4. The first kappa shape index (κ1) is 23.3. The Labute approximate surface area is 213 Å². The summed E-state index contributed by atoms with van der Waals surface area (Å²) in [5, 5.41) is 7.38. The summed E-state index contributed by atoms with van der Waals surface area (Å²) >= 11 is 0. The van der Waals surface area contributed by atoms with Gasteiger partial charge in [-0.15, -0.1) is 0 Å². The van der Waals surface area contributed by atoms with E-state index in [0.29, 0.717) is 10.8 Å². The van der Waals surface area contributed by atoms with Crippen molar-refractivity contribution in [2.45, 2.75) is 10.8 Å². The zero-order valence-electron chi connectivity index (χ0n) is 21.0. The van der Waals surface area contributed by atoms with Crippen LogP contribution in [0.5, 0.6) is 23.0 Å². The van der Waals surface area contributed by atoms with E-state index >= 15 is 0 Å². The van der Waals surface area contributed by atoms with E-state index in [0.717, 1.165) is 23.0 Å². The summed E-state index contributed by atoms with van der Waals surface area (Å²) in [4.78, 5) is 0. The Kier molecular flexibility index (Phi) is 5.71. The van der Waals surface area contributed by atoms with Crippen molar-refractivity contribution in [2.24, 2.45) is 0 Å². The summed E-state index contributed by atoms with van der Waals surface area (Å²) in [5.74, 6) is 3.61. The van der Waals surface area contributed by atoms with Crippen LogP contribution in [0, 0.1) is 0 Å². The fourth-order valence-corrected chi connectivity index (χ4v) is 28.2. The van der Waals surface area contributed by atoms with Crippen molar-refractivity contribution in [3.05, 3.63) is 97.1 Å². The van der Waals surface area contributed by atoms with Crippen molar-refractivity contribution >= 4 is 35.7 Å². The summed E-state index contributed by atoms with van der Waals surface area (Å²) in [5.41, 5.74) is 0. The first-order valence-corrected chi connectivity index (χ1v) is 16.5. The van der Waals surface area contributed by atoms with Crippen LogP contribution in [-0.2, 0) is 0 Å². The zero-order chi connectivity index (χ0) is 24.9. The molecule has 0 saturated carbocycles. The molecule has 6 heteroatoms. The molecule has 0 amide bonds. The predicted molar refractivity (Wildman–Crippen MR) is 155 cm³/mol. The molecule has 0 radical (unpaired) electrons. The Balaban J connectivity index is 1.49. The van der Waals surface area contributed by atoms with Gasteiger partial charge < -0.3 is 0 Å². The van der Waals surface area contributed by atoms with E-state index < -0.39 is 14.5 Å². The Hall–Kier alpha value is -3.06. The third-order valence-corrected chi connectivity index (χ3v) is 24.1. The van der Waals surface area contributed by atoms with Gasteiger partial charge in [0.15, 0.2) is 0 Å². The molecule has 186 valence electrons. The summed E-state index contributed by atoms with van der Waals surface area (Å²) < 4.78 is 21.9. The van der Waals surface area contributed by atoms with Crippen molar-refractivity contribution in [3.8, 4) is 23.0 Å². The maximum absolute atomic E-state index is 5.48.